The Morgan fingerprint density at radius 1 is 1.41 bits per heavy atom. The van der Waals surface area contributed by atoms with Crippen LogP contribution in [0.1, 0.15) is 6.42 Å². The zero-order valence-electron chi connectivity index (χ0n) is 8.45. The number of anilines is 1. The lowest BCUT2D eigenvalue weighted by Gasteiger charge is -2.14. The average Bonchev–Trinajstić information content (AvgIpc) is 2.67. The Labute approximate surface area is 116 Å². The van der Waals surface area contributed by atoms with E-state index in [9.17, 15) is 4.79 Å². The van der Waals surface area contributed by atoms with Crippen molar-refractivity contribution >= 4 is 51.0 Å². The fourth-order valence-electron chi connectivity index (χ4n) is 1.52. The summed E-state index contributed by atoms with van der Waals surface area (Å²) in [5.41, 5.74) is 0. The number of carbonyl (C=O) groups is 1. The molecule has 0 spiro atoms. The van der Waals surface area contributed by atoms with Crippen LogP contribution in [0.3, 0.4) is 0 Å². The molecule has 4 nitrogen and oxygen atoms in total. The lowest BCUT2D eigenvalue weighted by atomic mass is 10.1. The molecule has 0 saturated carbocycles. The summed E-state index contributed by atoms with van der Waals surface area (Å²) >= 11 is 14.8. The molecule has 1 aliphatic rings. The maximum absolute atomic E-state index is 11.7. The number of aromatic nitrogens is 2. The molecule has 0 aromatic carbocycles. The number of terminal acetylenes is 1. The number of nitrogens with zero attached hydrogens (tertiary/aromatic N) is 3. The molecule has 0 radical (unpaired) electrons. The predicted molar refractivity (Wildman–Crippen MR) is 69.0 cm³/mol. The number of halogens is 3. The van der Waals surface area contributed by atoms with Gasteiger partial charge in [0.1, 0.15) is 10.3 Å². The third kappa shape index (κ3) is 2.39. The number of hydrogen-bond donors (Lipinski definition) is 0. The standard InChI is InChI=1S/C10H6BrCl2N3O/c1-2-5-3-6(17)16(4-5)10-14-8(12)7(11)9(13)15-10/h1,5H,3-4H2. The van der Waals surface area contributed by atoms with Gasteiger partial charge in [0.05, 0.1) is 4.47 Å². The van der Waals surface area contributed by atoms with Crippen LogP contribution in [-0.4, -0.2) is 22.4 Å². The van der Waals surface area contributed by atoms with Crippen LogP contribution in [0.2, 0.25) is 10.3 Å². The average molecular weight is 335 g/mol. The molecule has 0 N–H and O–H groups in total. The molecule has 1 unspecified atom stereocenters. The van der Waals surface area contributed by atoms with Gasteiger partial charge in [0.25, 0.3) is 0 Å². The van der Waals surface area contributed by atoms with Crippen molar-refractivity contribution in [3.05, 3.63) is 14.8 Å². The van der Waals surface area contributed by atoms with Crippen LogP contribution in [0.4, 0.5) is 5.95 Å². The van der Waals surface area contributed by atoms with Gasteiger partial charge in [-0.1, -0.05) is 23.2 Å². The van der Waals surface area contributed by atoms with E-state index >= 15 is 0 Å². The monoisotopic (exact) mass is 333 g/mol. The van der Waals surface area contributed by atoms with E-state index in [0.29, 0.717) is 17.4 Å². The first-order chi connectivity index (χ1) is 8.02. The van der Waals surface area contributed by atoms with Gasteiger partial charge in [-0.2, -0.15) is 9.97 Å². The van der Waals surface area contributed by atoms with Gasteiger partial charge in [0, 0.05) is 18.9 Å². The summed E-state index contributed by atoms with van der Waals surface area (Å²) < 4.78 is 0.407. The van der Waals surface area contributed by atoms with E-state index in [1.54, 1.807) is 0 Å². The van der Waals surface area contributed by atoms with E-state index in [0.717, 1.165) is 0 Å². The molecule has 0 bridgehead atoms. The van der Waals surface area contributed by atoms with Crippen molar-refractivity contribution < 1.29 is 4.79 Å². The fraction of sp³-hybridized carbons (Fsp3) is 0.300. The van der Waals surface area contributed by atoms with Crippen LogP contribution >= 0.6 is 39.1 Å². The van der Waals surface area contributed by atoms with Crippen LogP contribution in [0.5, 0.6) is 0 Å². The highest BCUT2D eigenvalue weighted by Crippen LogP contribution is 2.31. The van der Waals surface area contributed by atoms with Gasteiger partial charge in [-0.3, -0.25) is 9.69 Å². The molecule has 2 heterocycles. The molecule has 17 heavy (non-hydrogen) atoms. The summed E-state index contributed by atoms with van der Waals surface area (Å²) in [4.78, 5) is 21.1. The molecule has 1 saturated heterocycles. The van der Waals surface area contributed by atoms with Crippen LogP contribution in [0.15, 0.2) is 4.47 Å². The Balaban J connectivity index is 2.36. The summed E-state index contributed by atoms with van der Waals surface area (Å²) in [5, 5.41) is 0.328. The van der Waals surface area contributed by atoms with Crippen molar-refractivity contribution in [2.75, 3.05) is 11.4 Å². The highest BCUT2D eigenvalue weighted by molar-refractivity contribution is 9.10. The van der Waals surface area contributed by atoms with E-state index in [4.69, 9.17) is 29.6 Å². The number of carbonyl (C=O) groups excluding carboxylic acids is 1. The number of hydrogen-bond acceptors (Lipinski definition) is 3. The van der Waals surface area contributed by atoms with Crippen LogP contribution in [0, 0.1) is 18.3 Å². The molecular formula is C10H6BrCl2N3O. The van der Waals surface area contributed by atoms with Crippen molar-refractivity contribution in [3.8, 4) is 12.3 Å². The van der Waals surface area contributed by atoms with E-state index in [-0.39, 0.29) is 28.1 Å². The Bertz CT molecular complexity index is 506. The van der Waals surface area contributed by atoms with Gasteiger partial charge in [-0.15, -0.1) is 12.3 Å². The van der Waals surface area contributed by atoms with E-state index in [1.807, 2.05) is 0 Å². The first kappa shape index (κ1) is 12.6. The Morgan fingerprint density at radius 2 is 2.00 bits per heavy atom. The molecule has 1 amide bonds. The summed E-state index contributed by atoms with van der Waals surface area (Å²) in [6, 6.07) is 0. The molecule has 1 aromatic rings. The Kier molecular flexibility index (Phi) is 3.57. The summed E-state index contributed by atoms with van der Waals surface area (Å²) in [6.07, 6.45) is 5.59. The first-order valence-electron chi connectivity index (χ1n) is 4.68. The normalized spacial score (nSPS) is 19.5. The molecule has 1 aromatic heterocycles. The van der Waals surface area contributed by atoms with E-state index in [1.165, 1.54) is 4.90 Å². The minimum atomic E-state index is -0.123. The van der Waals surface area contributed by atoms with Gasteiger partial charge in [-0.25, -0.2) is 0 Å². The second kappa shape index (κ2) is 4.81. The van der Waals surface area contributed by atoms with E-state index in [2.05, 4.69) is 31.8 Å². The molecule has 2 rings (SSSR count). The smallest absolute Gasteiger partial charge is 0.235 e. The lowest BCUT2D eigenvalue weighted by molar-refractivity contribution is -0.117. The van der Waals surface area contributed by atoms with Crippen LogP contribution < -0.4 is 4.90 Å². The molecule has 1 aliphatic heterocycles. The second-order valence-corrected chi connectivity index (χ2v) is 5.00. The second-order valence-electron chi connectivity index (χ2n) is 3.49. The van der Waals surface area contributed by atoms with Crippen molar-refractivity contribution in [2.45, 2.75) is 6.42 Å². The highest BCUT2D eigenvalue weighted by atomic mass is 79.9. The van der Waals surface area contributed by atoms with Gasteiger partial charge in [0.15, 0.2) is 0 Å². The van der Waals surface area contributed by atoms with Gasteiger partial charge < -0.3 is 0 Å². The van der Waals surface area contributed by atoms with E-state index < -0.39 is 0 Å². The fourth-order valence-corrected chi connectivity index (χ4v) is 2.07. The zero-order valence-corrected chi connectivity index (χ0v) is 11.6. The van der Waals surface area contributed by atoms with Crippen LogP contribution in [-0.2, 0) is 4.79 Å². The molecule has 88 valence electrons. The lowest BCUT2D eigenvalue weighted by Crippen LogP contribution is -2.26. The molecule has 1 atom stereocenters. The summed E-state index contributed by atoms with van der Waals surface area (Å²) in [5.74, 6) is 2.49. The minimum absolute atomic E-state index is 0.118. The maximum atomic E-state index is 11.7. The molecule has 1 fully saturated rings. The first-order valence-corrected chi connectivity index (χ1v) is 6.23. The third-order valence-electron chi connectivity index (χ3n) is 2.36. The molecule has 7 heteroatoms. The topological polar surface area (TPSA) is 46.1 Å². The minimum Gasteiger partial charge on any atom is -0.279 e. The van der Waals surface area contributed by atoms with Crippen LogP contribution in [0.25, 0.3) is 0 Å². The number of rotatable bonds is 1. The Hall–Kier alpha value is -0.830. The zero-order chi connectivity index (χ0) is 12.6. The summed E-state index contributed by atoms with van der Waals surface area (Å²) in [6.45, 7) is 0.392. The quantitative estimate of drug-likeness (QED) is 0.585. The predicted octanol–water partition coefficient (Wildman–Crippen LogP) is 2.53. The number of amides is 1. The molecular weight excluding hydrogens is 329 g/mol. The van der Waals surface area contributed by atoms with Gasteiger partial charge >= 0.3 is 0 Å². The third-order valence-corrected chi connectivity index (χ3v) is 4.12. The largest absolute Gasteiger partial charge is 0.279 e. The highest BCUT2D eigenvalue weighted by Gasteiger charge is 2.31. The SMILES string of the molecule is C#CC1CC(=O)N(c2nc(Cl)c(Br)c(Cl)n2)C1. The summed E-state index contributed by atoms with van der Waals surface area (Å²) in [7, 11) is 0. The molecule has 0 aliphatic carbocycles. The van der Waals surface area contributed by atoms with Gasteiger partial charge in [-0.05, 0) is 15.9 Å². The van der Waals surface area contributed by atoms with Crippen molar-refractivity contribution in [3.63, 3.8) is 0 Å². The maximum Gasteiger partial charge on any atom is 0.235 e. The Morgan fingerprint density at radius 3 is 2.47 bits per heavy atom. The van der Waals surface area contributed by atoms with Crippen molar-refractivity contribution in [1.29, 1.82) is 0 Å². The van der Waals surface area contributed by atoms with Gasteiger partial charge in [0.2, 0.25) is 11.9 Å². The van der Waals surface area contributed by atoms with Crippen molar-refractivity contribution in [1.82, 2.24) is 9.97 Å². The van der Waals surface area contributed by atoms with Crippen molar-refractivity contribution in [2.24, 2.45) is 5.92 Å².